The van der Waals surface area contributed by atoms with E-state index in [0.717, 1.165) is 11.1 Å². The molecular formula is C21H19ClN2O4. The summed E-state index contributed by atoms with van der Waals surface area (Å²) in [6.07, 6.45) is -0.0990. The smallest absolute Gasteiger partial charge is 0.306 e. The van der Waals surface area contributed by atoms with E-state index in [2.05, 4.69) is 5.32 Å². The van der Waals surface area contributed by atoms with Gasteiger partial charge in [0.2, 0.25) is 0 Å². The van der Waals surface area contributed by atoms with Crippen molar-refractivity contribution in [2.75, 3.05) is 11.9 Å². The third kappa shape index (κ3) is 5.93. The van der Waals surface area contributed by atoms with Gasteiger partial charge in [-0.3, -0.25) is 14.4 Å². The molecule has 28 heavy (non-hydrogen) atoms. The van der Waals surface area contributed by atoms with Gasteiger partial charge in [0.1, 0.15) is 6.07 Å². The molecule has 2 rings (SSSR count). The van der Waals surface area contributed by atoms with E-state index in [0.29, 0.717) is 16.8 Å². The fourth-order valence-corrected chi connectivity index (χ4v) is 2.71. The quantitative estimate of drug-likeness (QED) is 0.562. The third-order valence-corrected chi connectivity index (χ3v) is 4.30. The largest absolute Gasteiger partial charge is 0.456 e. The summed E-state index contributed by atoms with van der Waals surface area (Å²) in [5.41, 5.74) is 3.08. The number of ketones is 1. The number of amides is 1. The number of Topliss-reactive ketones (excluding diaryl/α,β-unsaturated/α-hetero) is 1. The number of hydrogen-bond donors (Lipinski definition) is 1. The normalized spacial score (nSPS) is 10.1. The molecule has 0 fully saturated rings. The lowest BCUT2D eigenvalue weighted by Gasteiger charge is -2.08. The van der Waals surface area contributed by atoms with Gasteiger partial charge in [0, 0.05) is 17.7 Å². The lowest BCUT2D eigenvalue weighted by atomic mass is 9.99. The number of hydrogen-bond acceptors (Lipinski definition) is 5. The van der Waals surface area contributed by atoms with Gasteiger partial charge in [0.05, 0.1) is 17.0 Å². The number of halogens is 1. The summed E-state index contributed by atoms with van der Waals surface area (Å²) in [6.45, 7) is 3.25. The Bertz CT molecular complexity index is 963. The van der Waals surface area contributed by atoms with Gasteiger partial charge in [0.25, 0.3) is 5.91 Å². The maximum Gasteiger partial charge on any atom is 0.306 e. The van der Waals surface area contributed by atoms with E-state index in [-0.39, 0.29) is 23.6 Å². The van der Waals surface area contributed by atoms with Crippen LogP contribution in [0, 0.1) is 25.2 Å². The number of aryl methyl sites for hydroxylation is 2. The highest BCUT2D eigenvalue weighted by Crippen LogP contribution is 2.20. The highest BCUT2D eigenvalue weighted by atomic mass is 35.5. The predicted molar refractivity (Wildman–Crippen MR) is 105 cm³/mol. The minimum Gasteiger partial charge on any atom is -0.456 e. The number of carbonyl (C=O) groups excluding carboxylic acids is 3. The molecule has 0 saturated carbocycles. The summed E-state index contributed by atoms with van der Waals surface area (Å²) >= 11 is 5.89. The minimum atomic E-state index is -0.633. The van der Waals surface area contributed by atoms with Crippen LogP contribution in [0.1, 0.15) is 39.9 Å². The fourth-order valence-electron chi connectivity index (χ4n) is 2.49. The molecule has 0 aliphatic carbocycles. The van der Waals surface area contributed by atoms with Crippen molar-refractivity contribution in [3.05, 3.63) is 63.7 Å². The monoisotopic (exact) mass is 398 g/mol. The second kappa shape index (κ2) is 9.67. The zero-order valence-electron chi connectivity index (χ0n) is 15.5. The van der Waals surface area contributed by atoms with Crippen LogP contribution in [0.3, 0.4) is 0 Å². The van der Waals surface area contributed by atoms with Crippen LogP contribution in [-0.2, 0) is 14.3 Å². The van der Waals surface area contributed by atoms with Gasteiger partial charge in [-0.1, -0.05) is 29.3 Å². The van der Waals surface area contributed by atoms with Crippen molar-refractivity contribution in [1.82, 2.24) is 0 Å². The van der Waals surface area contributed by atoms with Crippen LogP contribution in [0.5, 0.6) is 0 Å². The molecular weight excluding hydrogens is 380 g/mol. The Kier molecular flexibility index (Phi) is 7.30. The SMILES string of the molecule is Cc1ccc(C)c(C(=O)CCC(=O)OCC(=O)Nc2ccc(C#N)c(Cl)c2)c1. The van der Waals surface area contributed by atoms with E-state index >= 15 is 0 Å². The Morgan fingerprint density at radius 1 is 1.11 bits per heavy atom. The second-order valence-electron chi connectivity index (χ2n) is 6.26. The highest BCUT2D eigenvalue weighted by molar-refractivity contribution is 6.32. The Morgan fingerprint density at radius 3 is 2.54 bits per heavy atom. The first-order valence-electron chi connectivity index (χ1n) is 8.55. The molecule has 1 N–H and O–H groups in total. The van der Waals surface area contributed by atoms with Gasteiger partial charge in [0.15, 0.2) is 12.4 Å². The first kappa shape index (κ1) is 21.1. The molecule has 0 bridgehead atoms. The van der Waals surface area contributed by atoms with Crippen molar-refractivity contribution < 1.29 is 19.1 Å². The van der Waals surface area contributed by atoms with Crippen molar-refractivity contribution in [3.8, 4) is 6.07 Å². The van der Waals surface area contributed by atoms with Gasteiger partial charge in [-0.05, 0) is 43.7 Å². The maximum absolute atomic E-state index is 12.3. The summed E-state index contributed by atoms with van der Waals surface area (Å²) in [6, 6.07) is 11.9. The lowest BCUT2D eigenvalue weighted by molar-refractivity contribution is -0.147. The topological polar surface area (TPSA) is 96.3 Å². The zero-order chi connectivity index (χ0) is 20.7. The van der Waals surface area contributed by atoms with Crippen molar-refractivity contribution in [2.24, 2.45) is 0 Å². The standard InChI is InChI=1S/C21H19ClN2O4/c1-13-3-4-14(2)17(9-13)19(25)7-8-21(27)28-12-20(26)24-16-6-5-15(11-23)18(22)10-16/h3-6,9-10H,7-8,12H2,1-2H3,(H,24,26). The first-order valence-corrected chi connectivity index (χ1v) is 8.93. The number of esters is 1. The molecule has 0 radical (unpaired) electrons. The molecule has 0 spiro atoms. The van der Waals surface area contributed by atoms with Gasteiger partial charge in [-0.2, -0.15) is 5.26 Å². The van der Waals surface area contributed by atoms with Crippen molar-refractivity contribution in [3.63, 3.8) is 0 Å². The van der Waals surface area contributed by atoms with Crippen LogP contribution in [0.4, 0.5) is 5.69 Å². The molecule has 144 valence electrons. The summed E-state index contributed by atoms with van der Waals surface area (Å²) in [4.78, 5) is 35.9. The number of nitrogens with zero attached hydrogens (tertiary/aromatic N) is 1. The number of nitriles is 1. The Balaban J connectivity index is 1.79. The Labute approximate surface area is 168 Å². The number of benzene rings is 2. The van der Waals surface area contributed by atoms with E-state index < -0.39 is 18.5 Å². The molecule has 1 amide bonds. The van der Waals surface area contributed by atoms with E-state index in [1.165, 1.54) is 18.2 Å². The molecule has 7 heteroatoms. The number of ether oxygens (including phenoxy) is 1. The van der Waals surface area contributed by atoms with E-state index in [9.17, 15) is 14.4 Å². The fraction of sp³-hybridized carbons (Fsp3) is 0.238. The maximum atomic E-state index is 12.3. The summed E-state index contributed by atoms with van der Waals surface area (Å²) in [5, 5.41) is 11.6. The number of carbonyl (C=O) groups is 3. The average molecular weight is 399 g/mol. The molecule has 0 saturated heterocycles. The zero-order valence-corrected chi connectivity index (χ0v) is 16.3. The summed E-state index contributed by atoms with van der Waals surface area (Å²) in [5.74, 6) is -1.32. The minimum absolute atomic E-state index is 0.00990. The molecule has 2 aromatic carbocycles. The molecule has 0 heterocycles. The molecule has 0 atom stereocenters. The third-order valence-electron chi connectivity index (χ3n) is 3.99. The molecule has 2 aromatic rings. The van der Waals surface area contributed by atoms with Crippen molar-refractivity contribution >= 4 is 34.9 Å². The first-order chi connectivity index (χ1) is 13.3. The second-order valence-corrected chi connectivity index (χ2v) is 6.66. The van der Waals surface area contributed by atoms with Gasteiger partial charge in [-0.15, -0.1) is 0 Å². The van der Waals surface area contributed by atoms with Gasteiger partial charge in [-0.25, -0.2) is 0 Å². The van der Waals surface area contributed by atoms with Gasteiger partial charge < -0.3 is 10.1 Å². The summed E-state index contributed by atoms with van der Waals surface area (Å²) in [7, 11) is 0. The molecule has 0 aliphatic rings. The van der Waals surface area contributed by atoms with Crippen LogP contribution in [-0.4, -0.2) is 24.3 Å². The average Bonchev–Trinajstić information content (AvgIpc) is 2.66. The number of rotatable bonds is 7. The van der Waals surface area contributed by atoms with Crippen LogP contribution >= 0.6 is 11.6 Å². The van der Waals surface area contributed by atoms with Crippen LogP contribution in [0.15, 0.2) is 36.4 Å². The van der Waals surface area contributed by atoms with Crippen LogP contribution in [0.2, 0.25) is 5.02 Å². The number of anilines is 1. The summed E-state index contributed by atoms with van der Waals surface area (Å²) < 4.78 is 4.90. The van der Waals surface area contributed by atoms with E-state index in [4.69, 9.17) is 21.6 Å². The van der Waals surface area contributed by atoms with Gasteiger partial charge >= 0.3 is 5.97 Å². The molecule has 6 nitrogen and oxygen atoms in total. The highest BCUT2D eigenvalue weighted by Gasteiger charge is 2.14. The van der Waals surface area contributed by atoms with Crippen molar-refractivity contribution in [2.45, 2.75) is 26.7 Å². The molecule has 0 aliphatic heterocycles. The molecule has 0 unspecified atom stereocenters. The molecule has 0 aromatic heterocycles. The van der Waals surface area contributed by atoms with Crippen molar-refractivity contribution in [1.29, 1.82) is 5.26 Å². The Hall–Kier alpha value is -3.17. The predicted octanol–water partition coefficient (Wildman–Crippen LogP) is 3.97. The van der Waals surface area contributed by atoms with E-state index in [1.54, 1.807) is 6.07 Å². The lowest BCUT2D eigenvalue weighted by Crippen LogP contribution is -2.21. The van der Waals surface area contributed by atoms with Crippen LogP contribution in [0.25, 0.3) is 0 Å². The Morgan fingerprint density at radius 2 is 1.86 bits per heavy atom. The van der Waals surface area contributed by atoms with E-state index in [1.807, 2.05) is 32.0 Å². The number of nitrogens with one attached hydrogen (secondary N) is 1. The van der Waals surface area contributed by atoms with Crippen LogP contribution < -0.4 is 5.32 Å².